The van der Waals surface area contributed by atoms with E-state index in [0.717, 1.165) is 5.03 Å². The molecule has 20 heavy (non-hydrogen) atoms. The topological polar surface area (TPSA) is 30.0 Å². The minimum Gasteiger partial charge on any atom is -0.288 e. The first-order valence-electron chi connectivity index (χ1n) is 6.46. The van der Waals surface area contributed by atoms with Crippen LogP contribution in [0.15, 0.2) is 29.4 Å². The number of carbonyl (C=O) groups excluding carboxylic acids is 1. The fraction of sp³-hybridized carbons (Fsp3) is 0.600. The number of carbonyl (C=O) groups is 1. The van der Waals surface area contributed by atoms with E-state index in [1.807, 2.05) is 56.0 Å². The summed E-state index contributed by atoms with van der Waals surface area (Å²) in [6, 6.07) is 5.98. The smallest absolute Gasteiger partial charge is 0.186 e. The van der Waals surface area contributed by atoms with Crippen molar-refractivity contribution in [2.45, 2.75) is 63.0 Å². The fourth-order valence-corrected chi connectivity index (χ4v) is 3.73. The van der Waals surface area contributed by atoms with Gasteiger partial charge >= 0.3 is 0 Å². The molecule has 0 saturated carbocycles. The van der Waals surface area contributed by atoms with E-state index in [2.05, 4.69) is 25.8 Å². The molecule has 0 radical (unpaired) electrons. The zero-order chi connectivity index (χ0) is 15.8. The van der Waals surface area contributed by atoms with Crippen LogP contribution in [-0.4, -0.2) is 19.6 Å². The Balaban J connectivity index is 0.000000396. The molecule has 2 nitrogen and oxygen atoms in total. The number of aromatic nitrogens is 1. The molecule has 0 aliphatic rings. The molecular formula is C15H25NOS3. The first-order chi connectivity index (χ1) is 8.99. The van der Waals surface area contributed by atoms with E-state index in [0.29, 0.717) is 4.75 Å². The van der Waals surface area contributed by atoms with Crippen LogP contribution in [0.3, 0.4) is 0 Å². The average Bonchev–Trinajstić information content (AvgIpc) is 2.24. The largest absolute Gasteiger partial charge is 0.288 e. The van der Waals surface area contributed by atoms with Gasteiger partial charge in [0.1, 0.15) is 5.03 Å². The number of hydrogen-bond acceptors (Lipinski definition) is 5. The Bertz CT molecular complexity index is 394. The van der Waals surface area contributed by atoms with E-state index >= 15 is 0 Å². The summed E-state index contributed by atoms with van der Waals surface area (Å²) in [5, 5.41) is 1.27. The lowest BCUT2D eigenvalue weighted by Gasteiger charge is -2.15. The Hall–Kier alpha value is -0.130. The van der Waals surface area contributed by atoms with Gasteiger partial charge in [0.05, 0.1) is 0 Å². The molecule has 0 N–H and O–H groups in total. The van der Waals surface area contributed by atoms with Crippen LogP contribution in [-0.2, 0) is 4.79 Å². The Kier molecular flexibility index (Phi) is 8.95. The van der Waals surface area contributed by atoms with Crippen molar-refractivity contribution >= 4 is 38.5 Å². The third kappa shape index (κ3) is 14.3. The molecular weight excluding hydrogens is 306 g/mol. The SMILES string of the molecule is CC(=O)SC(C)(C)C.CC(C)(C)SSc1ccccn1. The van der Waals surface area contributed by atoms with Crippen molar-refractivity contribution in [1.29, 1.82) is 0 Å². The maximum Gasteiger partial charge on any atom is 0.186 e. The Labute approximate surface area is 135 Å². The third-order valence-corrected chi connectivity index (χ3v) is 5.62. The molecule has 0 bridgehead atoms. The molecule has 0 saturated heterocycles. The van der Waals surface area contributed by atoms with Crippen LogP contribution in [0.1, 0.15) is 48.5 Å². The monoisotopic (exact) mass is 331 g/mol. The Morgan fingerprint density at radius 1 is 1.05 bits per heavy atom. The summed E-state index contributed by atoms with van der Waals surface area (Å²) in [6.45, 7) is 14.3. The quantitative estimate of drug-likeness (QED) is 0.650. The molecule has 1 rings (SSSR count). The summed E-state index contributed by atoms with van der Waals surface area (Å²) in [5.74, 6) is 0. The normalized spacial score (nSPS) is 11.6. The summed E-state index contributed by atoms with van der Waals surface area (Å²) in [4.78, 5) is 14.6. The lowest BCUT2D eigenvalue weighted by atomic mass is 10.3. The summed E-state index contributed by atoms with van der Waals surface area (Å²) in [6.07, 6.45) is 1.82. The van der Waals surface area contributed by atoms with E-state index in [4.69, 9.17) is 0 Å². The Morgan fingerprint density at radius 2 is 1.65 bits per heavy atom. The van der Waals surface area contributed by atoms with E-state index in [1.165, 1.54) is 11.8 Å². The number of pyridine rings is 1. The molecule has 114 valence electrons. The number of hydrogen-bond donors (Lipinski definition) is 0. The highest BCUT2D eigenvalue weighted by Gasteiger charge is 2.12. The molecule has 0 aliphatic carbocycles. The standard InChI is InChI=1S/C9H13NS2.C6H12OS/c1-9(2,3)12-11-8-6-4-5-7-10-8;1-5(7)8-6(2,3)4/h4-7H,1-3H3;1-4H3. The molecule has 0 fully saturated rings. The molecule has 1 aromatic heterocycles. The summed E-state index contributed by atoms with van der Waals surface area (Å²) < 4.78 is 0.383. The number of rotatable bonds is 2. The first-order valence-corrected chi connectivity index (χ1v) is 9.42. The Morgan fingerprint density at radius 3 is 1.95 bits per heavy atom. The minimum atomic E-state index is 0.0891. The first kappa shape index (κ1) is 19.9. The second-order valence-electron chi connectivity index (χ2n) is 6.15. The van der Waals surface area contributed by atoms with Crippen LogP contribution in [0.5, 0.6) is 0 Å². The van der Waals surface area contributed by atoms with Crippen molar-refractivity contribution in [3.63, 3.8) is 0 Å². The molecule has 0 spiro atoms. The van der Waals surface area contributed by atoms with Crippen molar-refractivity contribution in [1.82, 2.24) is 4.98 Å². The zero-order valence-corrected chi connectivity index (χ0v) is 15.8. The van der Waals surface area contributed by atoms with Gasteiger partial charge in [-0.05, 0) is 22.9 Å². The average molecular weight is 332 g/mol. The van der Waals surface area contributed by atoms with Crippen LogP contribution in [0.2, 0.25) is 0 Å². The van der Waals surface area contributed by atoms with Crippen LogP contribution >= 0.6 is 33.3 Å². The van der Waals surface area contributed by atoms with Crippen molar-refractivity contribution in [2.24, 2.45) is 0 Å². The second-order valence-corrected chi connectivity index (χ2v) is 11.1. The summed E-state index contributed by atoms with van der Waals surface area (Å²) >= 11 is 1.37. The maximum absolute atomic E-state index is 10.4. The lowest BCUT2D eigenvalue weighted by Crippen LogP contribution is -2.09. The van der Waals surface area contributed by atoms with Crippen molar-refractivity contribution < 1.29 is 4.79 Å². The van der Waals surface area contributed by atoms with Gasteiger partial charge in [-0.3, -0.25) is 4.79 Å². The van der Waals surface area contributed by atoms with Gasteiger partial charge in [-0.1, -0.05) is 70.2 Å². The van der Waals surface area contributed by atoms with Gasteiger partial charge in [0.25, 0.3) is 0 Å². The van der Waals surface area contributed by atoms with Gasteiger partial charge in [-0.25, -0.2) is 4.98 Å². The van der Waals surface area contributed by atoms with Gasteiger partial charge in [0, 0.05) is 22.6 Å². The number of nitrogens with zero attached hydrogens (tertiary/aromatic N) is 1. The van der Waals surface area contributed by atoms with E-state index in [1.54, 1.807) is 17.7 Å². The van der Waals surface area contributed by atoms with E-state index < -0.39 is 0 Å². The van der Waals surface area contributed by atoms with E-state index in [9.17, 15) is 4.79 Å². The predicted molar refractivity (Wildman–Crippen MR) is 95.5 cm³/mol. The predicted octanol–water partition coefficient (Wildman–Crippen LogP) is 5.69. The zero-order valence-electron chi connectivity index (χ0n) is 13.4. The molecule has 0 unspecified atom stereocenters. The maximum atomic E-state index is 10.4. The van der Waals surface area contributed by atoms with Gasteiger partial charge in [-0.15, -0.1) is 0 Å². The minimum absolute atomic E-state index is 0.0891. The molecule has 0 amide bonds. The van der Waals surface area contributed by atoms with Crippen molar-refractivity contribution in [2.75, 3.05) is 0 Å². The molecule has 0 atom stereocenters. The summed E-state index contributed by atoms with van der Waals surface area (Å²) in [7, 11) is 3.57. The van der Waals surface area contributed by atoms with Gasteiger partial charge < -0.3 is 0 Å². The third-order valence-electron chi connectivity index (χ3n) is 1.46. The van der Waals surface area contributed by atoms with Crippen molar-refractivity contribution in [3.8, 4) is 0 Å². The fourth-order valence-electron chi connectivity index (χ4n) is 0.995. The highest BCUT2D eigenvalue weighted by atomic mass is 33.1. The lowest BCUT2D eigenvalue weighted by molar-refractivity contribution is -0.109. The van der Waals surface area contributed by atoms with E-state index in [-0.39, 0.29) is 9.86 Å². The van der Waals surface area contributed by atoms with Crippen LogP contribution in [0.25, 0.3) is 0 Å². The van der Waals surface area contributed by atoms with Crippen LogP contribution < -0.4 is 0 Å². The molecule has 0 aliphatic heterocycles. The summed E-state index contributed by atoms with van der Waals surface area (Å²) in [5.41, 5.74) is 0. The molecule has 1 aromatic rings. The van der Waals surface area contributed by atoms with Crippen molar-refractivity contribution in [3.05, 3.63) is 24.4 Å². The number of thioether (sulfide) groups is 1. The van der Waals surface area contributed by atoms with Crippen LogP contribution in [0, 0.1) is 0 Å². The molecule has 5 heteroatoms. The van der Waals surface area contributed by atoms with Gasteiger partial charge in [0.15, 0.2) is 5.12 Å². The van der Waals surface area contributed by atoms with Gasteiger partial charge in [-0.2, -0.15) is 0 Å². The highest BCUT2D eigenvalue weighted by Crippen LogP contribution is 2.39. The molecule has 1 heterocycles. The second kappa shape index (κ2) is 9.00. The molecule has 0 aromatic carbocycles. The highest BCUT2D eigenvalue weighted by molar-refractivity contribution is 8.77. The van der Waals surface area contributed by atoms with Gasteiger partial charge in [0.2, 0.25) is 0 Å². The van der Waals surface area contributed by atoms with Crippen LogP contribution in [0.4, 0.5) is 0 Å².